The lowest BCUT2D eigenvalue weighted by Crippen LogP contribution is -1.90. The Bertz CT molecular complexity index is 476. The molecule has 82 valence electrons. The number of aromatic nitrogens is 2. The Morgan fingerprint density at radius 2 is 2.19 bits per heavy atom. The molecule has 0 aliphatic heterocycles. The van der Waals surface area contributed by atoms with Crippen molar-refractivity contribution in [2.24, 2.45) is 0 Å². The van der Waals surface area contributed by atoms with Crippen molar-refractivity contribution >= 4 is 33.4 Å². The molecule has 0 fully saturated rings. The Kier molecular flexibility index (Phi) is 3.79. The van der Waals surface area contributed by atoms with E-state index in [2.05, 4.69) is 25.9 Å². The molecule has 0 unspecified atom stereocenters. The van der Waals surface area contributed by atoms with Crippen LogP contribution in [0.25, 0.3) is 0 Å². The minimum Gasteiger partial charge on any atom is -0.398 e. The minimum atomic E-state index is 0.777. The third-order valence-electron chi connectivity index (χ3n) is 1.96. The first kappa shape index (κ1) is 11.4. The number of hydrogen-bond acceptors (Lipinski definition) is 4. The summed E-state index contributed by atoms with van der Waals surface area (Å²) in [5.41, 5.74) is 7.63. The molecule has 1 aromatic heterocycles. The number of rotatable bonds is 3. The third-order valence-corrected chi connectivity index (χ3v) is 3.58. The van der Waals surface area contributed by atoms with E-state index in [1.165, 1.54) is 0 Å². The summed E-state index contributed by atoms with van der Waals surface area (Å²) in [5, 5.41) is 0. The van der Waals surface area contributed by atoms with Gasteiger partial charge < -0.3 is 5.73 Å². The highest BCUT2D eigenvalue weighted by molar-refractivity contribution is 9.10. The maximum absolute atomic E-state index is 5.90. The summed E-state index contributed by atoms with van der Waals surface area (Å²) in [4.78, 5) is 9.29. The van der Waals surface area contributed by atoms with Crippen LogP contribution in [0.15, 0.2) is 46.2 Å². The summed E-state index contributed by atoms with van der Waals surface area (Å²) in [6, 6.07) is 5.88. The quantitative estimate of drug-likeness (QED) is 0.698. The average Bonchev–Trinajstić information content (AvgIpc) is 2.29. The van der Waals surface area contributed by atoms with Crippen molar-refractivity contribution < 1.29 is 0 Å². The number of thioether (sulfide) groups is 1. The van der Waals surface area contributed by atoms with Gasteiger partial charge in [0.15, 0.2) is 0 Å². The molecule has 0 bridgehead atoms. The Hall–Kier alpha value is -1.07. The lowest BCUT2D eigenvalue weighted by Gasteiger charge is -2.05. The molecule has 0 aliphatic carbocycles. The maximum atomic E-state index is 5.90. The van der Waals surface area contributed by atoms with E-state index in [0.29, 0.717) is 0 Å². The van der Waals surface area contributed by atoms with E-state index in [1.54, 1.807) is 30.4 Å². The van der Waals surface area contributed by atoms with Gasteiger partial charge in [0.2, 0.25) is 0 Å². The molecule has 2 rings (SSSR count). The molecule has 2 aromatic rings. The fourth-order valence-corrected chi connectivity index (χ4v) is 2.43. The average molecular weight is 296 g/mol. The van der Waals surface area contributed by atoms with Crippen LogP contribution in [-0.4, -0.2) is 9.97 Å². The van der Waals surface area contributed by atoms with Crippen LogP contribution in [0, 0.1) is 0 Å². The first-order valence-electron chi connectivity index (χ1n) is 4.68. The Morgan fingerprint density at radius 3 is 2.88 bits per heavy atom. The van der Waals surface area contributed by atoms with E-state index < -0.39 is 0 Å². The van der Waals surface area contributed by atoms with Gasteiger partial charge in [0.05, 0.1) is 5.69 Å². The summed E-state index contributed by atoms with van der Waals surface area (Å²) < 4.78 is 0.994. The van der Waals surface area contributed by atoms with Crippen LogP contribution in [0.2, 0.25) is 0 Å². The number of nitrogen functional groups attached to an aromatic ring is 1. The van der Waals surface area contributed by atoms with Gasteiger partial charge in [0.25, 0.3) is 0 Å². The molecule has 0 saturated heterocycles. The van der Waals surface area contributed by atoms with Gasteiger partial charge in [0.1, 0.15) is 0 Å². The van der Waals surface area contributed by atoms with E-state index in [0.717, 1.165) is 26.5 Å². The zero-order valence-corrected chi connectivity index (χ0v) is 10.8. The number of benzene rings is 1. The third kappa shape index (κ3) is 2.96. The van der Waals surface area contributed by atoms with Gasteiger partial charge in [-0.3, -0.25) is 9.97 Å². The van der Waals surface area contributed by atoms with Crippen LogP contribution in [0.1, 0.15) is 5.69 Å². The second kappa shape index (κ2) is 5.32. The first-order valence-corrected chi connectivity index (χ1v) is 6.46. The van der Waals surface area contributed by atoms with Crippen LogP contribution < -0.4 is 5.73 Å². The number of halogens is 1. The van der Waals surface area contributed by atoms with Gasteiger partial charge in [0, 0.05) is 39.4 Å². The van der Waals surface area contributed by atoms with Crippen LogP contribution in [0.5, 0.6) is 0 Å². The van der Waals surface area contributed by atoms with Gasteiger partial charge in [-0.1, -0.05) is 15.9 Å². The second-order valence-corrected chi connectivity index (χ2v) is 5.10. The molecular formula is C11H10BrN3S. The zero-order chi connectivity index (χ0) is 11.4. The van der Waals surface area contributed by atoms with Crippen molar-refractivity contribution in [2.45, 2.75) is 10.6 Å². The molecule has 1 heterocycles. The SMILES string of the molecule is Nc1cc(Br)ccc1SCc1cnccn1. The number of anilines is 1. The molecule has 0 atom stereocenters. The van der Waals surface area contributed by atoms with Crippen molar-refractivity contribution in [3.8, 4) is 0 Å². The van der Waals surface area contributed by atoms with Crippen molar-refractivity contribution in [1.82, 2.24) is 9.97 Å². The minimum absolute atomic E-state index is 0.777. The highest BCUT2D eigenvalue weighted by Crippen LogP contribution is 2.29. The molecule has 0 saturated carbocycles. The standard InChI is InChI=1S/C11H10BrN3S/c12-8-1-2-11(10(13)5-8)16-7-9-6-14-3-4-15-9/h1-6H,7,13H2. The molecule has 3 nitrogen and oxygen atoms in total. The van der Waals surface area contributed by atoms with Gasteiger partial charge in [-0.2, -0.15) is 0 Å². The van der Waals surface area contributed by atoms with Gasteiger partial charge in [-0.05, 0) is 18.2 Å². The van der Waals surface area contributed by atoms with E-state index in [4.69, 9.17) is 5.73 Å². The van der Waals surface area contributed by atoms with Crippen molar-refractivity contribution in [1.29, 1.82) is 0 Å². The van der Waals surface area contributed by atoms with E-state index >= 15 is 0 Å². The number of nitrogens with zero attached hydrogens (tertiary/aromatic N) is 2. The highest BCUT2D eigenvalue weighted by atomic mass is 79.9. The lowest BCUT2D eigenvalue weighted by molar-refractivity contribution is 1.10. The van der Waals surface area contributed by atoms with Gasteiger partial charge in [-0.25, -0.2) is 0 Å². The Labute approximate surface area is 107 Å². The molecule has 0 spiro atoms. The summed E-state index contributed by atoms with van der Waals surface area (Å²) in [6.07, 6.45) is 5.13. The van der Waals surface area contributed by atoms with E-state index in [9.17, 15) is 0 Å². The fraction of sp³-hybridized carbons (Fsp3) is 0.0909. The summed E-state index contributed by atoms with van der Waals surface area (Å²) in [7, 11) is 0. The predicted molar refractivity (Wildman–Crippen MR) is 70.1 cm³/mol. The molecule has 16 heavy (non-hydrogen) atoms. The topological polar surface area (TPSA) is 51.8 Å². The van der Waals surface area contributed by atoms with Crippen molar-refractivity contribution in [3.05, 3.63) is 47.0 Å². The maximum Gasteiger partial charge on any atom is 0.0689 e. The Balaban J connectivity index is 2.05. The number of hydrogen-bond donors (Lipinski definition) is 1. The van der Waals surface area contributed by atoms with Gasteiger partial charge in [-0.15, -0.1) is 11.8 Å². The normalized spacial score (nSPS) is 10.3. The highest BCUT2D eigenvalue weighted by Gasteiger charge is 2.02. The van der Waals surface area contributed by atoms with Crippen LogP contribution >= 0.6 is 27.7 Å². The molecule has 0 radical (unpaired) electrons. The van der Waals surface area contributed by atoms with E-state index in [1.807, 2.05) is 18.2 Å². The molecular weight excluding hydrogens is 286 g/mol. The molecule has 0 aliphatic rings. The summed E-state index contributed by atoms with van der Waals surface area (Å²) in [6.45, 7) is 0. The van der Waals surface area contributed by atoms with E-state index in [-0.39, 0.29) is 0 Å². The smallest absolute Gasteiger partial charge is 0.0689 e. The molecule has 0 amide bonds. The van der Waals surface area contributed by atoms with Crippen LogP contribution in [0.3, 0.4) is 0 Å². The first-order chi connectivity index (χ1) is 7.75. The molecule has 5 heteroatoms. The van der Waals surface area contributed by atoms with Crippen molar-refractivity contribution in [2.75, 3.05) is 5.73 Å². The fourth-order valence-electron chi connectivity index (χ4n) is 1.21. The van der Waals surface area contributed by atoms with Crippen molar-refractivity contribution in [3.63, 3.8) is 0 Å². The molecule has 1 aromatic carbocycles. The summed E-state index contributed by atoms with van der Waals surface area (Å²) in [5.74, 6) is 0.777. The second-order valence-electron chi connectivity index (χ2n) is 3.17. The zero-order valence-electron chi connectivity index (χ0n) is 8.43. The predicted octanol–water partition coefficient (Wildman–Crippen LogP) is 3.11. The molecule has 2 N–H and O–H groups in total. The number of nitrogens with two attached hydrogens (primary N) is 1. The Morgan fingerprint density at radius 1 is 1.31 bits per heavy atom. The monoisotopic (exact) mass is 295 g/mol. The van der Waals surface area contributed by atoms with Crippen LogP contribution in [0.4, 0.5) is 5.69 Å². The summed E-state index contributed by atoms with van der Waals surface area (Å²) >= 11 is 5.04. The van der Waals surface area contributed by atoms with Gasteiger partial charge >= 0.3 is 0 Å². The lowest BCUT2D eigenvalue weighted by atomic mass is 10.3. The largest absolute Gasteiger partial charge is 0.398 e. The van der Waals surface area contributed by atoms with Crippen LogP contribution in [-0.2, 0) is 5.75 Å².